The molecule has 0 aliphatic rings. The first-order chi connectivity index (χ1) is 8.16. The lowest BCUT2D eigenvalue weighted by molar-refractivity contribution is -0.0206. The fraction of sp³-hybridized carbons (Fsp3) is 0.857. The minimum atomic E-state index is -0.411. The van der Waals surface area contributed by atoms with Crippen LogP contribution in [0.2, 0.25) is 0 Å². The van der Waals surface area contributed by atoms with Crippen molar-refractivity contribution in [3.05, 3.63) is 12.3 Å². The number of rotatable bonds is 11. The predicted molar refractivity (Wildman–Crippen MR) is 70.9 cm³/mol. The Hall–Kier alpha value is -0.540. The van der Waals surface area contributed by atoms with Crippen LogP contribution in [0.3, 0.4) is 0 Å². The normalized spacial score (nSPS) is 15.1. The van der Waals surface area contributed by atoms with Crippen LogP contribution >= 0.6 is 0 Å². The molecule has 0 spiro atoms. The van der Waals surface area contributed by atoms with Gasteiger partial charge in [0, 0.05) is 0 Å². The first kappa shape index (κ1) is 16.5. The van der Waals surface area contributed by atoms with Crippen molar-refractivity contribution in [3.63, 3.8) is 0 Å². The van der Waals surface area contributed by atoms with Crippen molar-refractivity contribution < 1.29 is 14.6 Å². The molecule has 0 saturated heterocycles. The van der Waals surface area contributed by atoms with Crippen molar-refractivity contribution in [3.8, 4) is 0 Å². The molecule has 0 aromatic rings. The number of hydrogen-bond donors (Lipinski definition) is 1. The highest BCUT2D eigenvalue weighted by atomic mass is 16.5. The molecule has 0 rings (SSSR count). The maximum absolute atomic E-state index is 9.03. The molecule has 0 aliphatic carbocycles. The Balaban J connectivity index is 3.27. The highest BCUT2D eigenvalue weighted by Gasteiger charge is 2.03. The van der Waals surface area contributed by atoms with E-state index in [4.69, 9.17) is 14.6 Å². The summed E-state index contributed by atoms with van der Waals surface area (Å²) in [4.78, 5) is 0. The average Bonchev–Trinajstić information content (AvgIpc) is 2.30. The molecular weight excluding hydrogens is 216 g/mol. The van der Waals surface area contributed by atoms with Crippen molar-refractivity contribution >= 4 is 0 Å². The second-order valence-corrected chi connectivity index (χ2v) is 4.55. The van der Waals surface area contributed by atoms with Crippen molar-refractivity contribution in [2.24, 2.45) is 0 Å². The number of aliphatic hydroxyl groups excluding tert-OH is 1. The van der Waals surface area contributed by atoms with Gasteiger partial charge in [0.15, 0.2) is 0 Å². The summed E-state index contributed by atoms with van der Waals surface area (Å²) in [5, 5.41) is 9.03. The van der Waals surface area contributed by atoms with Gasteiger partial charge in [0.05, 0.1) is 25.1 Å². The molecular formula is C14H28O3. The largest absolute Gasteiger partial charge is 0.499 e. The van der Waals surface area contributed by atoms with Gasteiger partial charge in [-0.1, -0.05) is 26.2 Å². The number of ether oxygens (including phenoxy) is 2. The van der Waals surface area contributed by atoms with Gasteiger partial charge in [-0.15, -0.1) is 0 Å². The molecule has 0 radical (unpaired) electrons. The van der Waals surface area contributed by atoms with Gasteiger partial charge in [-0.25, -0.2) is 0 Å². The third kappa shape index (κ3) is 13.4. The highest BCUT2D eigenvalue weighted by Crippen LogP contribution is 2.03. The van der Waals surface area contributed by atoms with Crippen molar-refractivity contribution in [2.75, 3.05) is 13.2 Å². The first-order valence-corrected chi connectivity index (χ1v) is 6.73. The van der Waals surface area contributed by atoms with E-state index in [0.29, 0.717) is 13.2 Å². The van der Waals surface area contributed by atoms with Crippen LogP contribution in [-0.2, 0) is 9.47 Å². The molecule has 102 valence electrons. The Morgan fingerprint density at radius 3 is 2.53 bits per heavy atom. The molecule has 0 bridgehead atoms. The van der Waals surface area contributed by atoms with Crippen molar-refractivity contribution in [1.29, 1.82) is 0 Å². The topological polar surface area (TPSA) is 38.7 Å². The lowest BCUT2D eigenvalue weighted by atomic mass is 10.1. The Morgan fingerprint density at radius 2 is 1.88 bits per heavy atom. The summed E-state index contributed by atoms with van der Waals surface area (Å²) in [6.45, 7) is 6.78. The number of hydrogen-bond acceptors (Lipinski definition) is 3. The summed E-state index contributed by atoms with van der Waals surface area (Å²) >= 11 is 0. The fourth-order valence-electron chi connectivity index (χ4n) is 1.37. The first-order valence-electron chi connectivity index (χ1n) is 6.73. The van der Waals surface area contributed by atoms with Crippen LogP contribution < -0.4 is 0 Å². The summed E-state index contributed by atoms with van der Waals surface area (Å²) in [5.74, 6) is 0. The molecule has 0 fully saturated rings. The Morgan fingerprint density at radius 1 is 1.12 bits per heavy atom. The summed E-state index contributed by atoms with van der Waals surface area (Å²) in [6.07, 6.45) is 9.66. The third-order valence-electron chi connectivity index (χ3n) is 2.37. The van der Waals surface area contributed by atoms with E-state index in [1.165, 1.54) is 25.7 Å². The Labute approximate surface area is 106 Å². The van der Waals surface area contributed by atoms with Gasteiger partial charge in [-0.2, -0.15) is 0 Å². The minimum Gasteiger partial charge on any atom is -0.499 e. The molecule has 0 heterocycles. The van der Waals surface area contributed by atoms with E-state index in [0.717, 1.165) is 6.42 Å². The summed E-state index contributed by atoms with van der Waals surface area (Å²) in [6, 6.07) is 0. The van der Waals surface area contributed by atoms with Gasteiger partial charge in [0.2, 0.25) is 0 Å². The molecule has 0 aromatic heterocycles. The van der Waals surface area contributed by atoms with E-state index in [-0.39, 0.29) is 6.10 Å². The zero-order chi connectivity index (χ0) is 12.9. The summed E-state index contributed by atoms with van der Waals surface area (Å²) < 4.78 is 10.7. The third-order valence-corrected chi connectivity index (χ3v) is 2.37. The van der Waals surface area contributed by atoms with Gasteiger partial charge < -0.3 is 14.6 Å². The molecule has 0 aromatic carbocycles. The van der Waals surface area contributed by atoms with E-state index >= 15 is 0 Å². The standard InChI is InChI=1S/C14H28O3/c1-4-5-6-7-8-9-10-16-12-14(3)17-11-13(2)15/h9-10,13-15H,4-8,11-12H2,1-3H3. The second-order valence-electron chi connectivity index (χ2n) is 4.55. The van der Waals surface area contributed by atoms with E-state index in [2.05, 4.69) is 13.0 Å². The van der Waals surface area contributed by atoms with Gasteiger partial charge in [0.1, 0.15) is 6.61 Å². The summed E-state index contributed by atoms with van der Waals surface area (Å²) in [7, 11) is 0. The Bertz CT molecular complexity index is 178. The van der Waals surface area contributed by atoms with Crippen LogP contribution in [0.5, 0.6) is 0 Å². The fourth-order valence-corrected chi connectivity index (χ4v) is 1.37. The molecule has 0 amide bonds. The van der Waals surface area contributed by atoms with Crippen LogP contribution in [0.1, 0.15) is 52.9 Å². The smallest absolute Gasteiger partial charge is 0.113 e. The number of allylic oxidation sites excluding steroid dienone is 1. The van der Waals surface area contributed by atoms with Gasteiger partial charge in [0.25, 0.3) is 0 Å². The van der Waals surface area contributed by atoms with Gasteiger partial charge in [-0.3, -0.25) is 0 Å². The SMILES string of the molecule is CCCCCCC=COCC(C)OCC(C)O. The van der Waals surface area contributed by atoms with Gasteiger partial charge in [-0.05, 0) is 32.8 Å². The molecule has 2 atom stereocenters. The monoisotopic (exact) mass is 244 g/mol. The van der Waals surface area contributed by atoms with Crippen LogP contribution in [0, 0.1) is 0 Å². The lowest BCUT2D eigenvalue weighted by Gasteiger charge is -2.13. The molecule has 17 heavy (non-hydrogen) atoms. The van der Waals surface area contributed by atoms with Crippen molar-refractivity contribution in [2.45, 2.75) is 65.1 Å². The number of aliphatic hydroxyl groups is 1. The van der Waals surface area contributed by atoms with E-state index < -0.39 is 6.10 Å². The predicted octanol–water partition coefficient (Wildman–Crippen LogP) is 3.27. The van der Waals surface area contributed by atoms with Crippen LogP contribution in [0.25, 0.3) is 0 Å². The minimum absolute atomic E-state index is 0.0225. The maximum atomic E-state index is 9.03. The van der Waals surface area contributed by atoms with E-state index in [9.17, 15) is 0 Å². The van der Waals surface area contributed by atoms with E-state index in [1.807, 2.05) is 6.92 Å². The molecule has 1 N–H and O–H groups in total. The van der Waals surface area contributed by atoms with Crippen LogP contribution in [0.4, 0.5) is 0 Å². The van der Waals surface area contributed by atoms with Gasteiger partial charge >= 0.3 is 0 Å². The Kier molecular flexibility index (Phi) is 11.6. The van der Waals surface area contributed by atoms with Crippen molar-refractivity contribution in [1.82, 2.24) is 0 Å². The quantitative estimate of drug-likeness (QED) is 0.448. The molecule has 3 nitrogen and oxygen atoms in total. The highest BCUT2D eigenvalue weighted by molar-refractivity contribution is 4.73. The molecule has 0 aliphatic heterocycles. The maximum Gasteiger partial charge on any atom is 0.113 e. The average molecular weight is 244 g/mol. The lowest BCUT2D eigenvalue weighted by Crippen LogP contribution is -2.20. The summed E-state index contributed by atoms with van der Waals surface area (Å²) in [5.41, 5.74) is 0. The second kappa shape index (κ2) is 11.9. The van der Waals surface area contributed by atoms with Crippen LogP contribution in [0.15, 0.2) is 12.3 Å². The zero-order valence-corrected chi connectivity index (χ0v) is 11.5. The zero-order valence-electron chi connectivity index (χ0n) is 11.5. The number of unbranched alkanes of at least 4 members (excludes halogenated alkanes) is 4. The molecule has 3 heteroatoms. The van der Waals surface area contributed by atoms with E-state index in [1.54, 1.807) is 13.2 Å². The van der Waals surface area contributed by atoms with Crippen LogP contribution in [-0.4, -0.2) is 30.5 Å². The molecule has 0 saturated carbocycles. The molecule has 2 unspecified atom stereocenters.